The van der Waals surface area contributed by atoms with E-state index in [-0.39, 0.29) is 5.78 Å². The second kappa shape index (κ2) is 6.75. The minimum absolute atomic E-state index is 0.312. The fourth-order valence-corrected chi connectivity index (χ4v) is 2.39. The largest absolute Gasteiger partial charge is 0.496 e. The molecule has 0 bridgehead atoms. The van der Waals surface area contributed by atoms with Gasteiger partial charge in [0.2, 0.25) is 0 Å². The lowest BCUT2D eigenvalue weighted by Crippen LogP contribution is -2.12. The van der Waals surface area contributed by atoms with Crippen molar-refractivity contribution in [3.8, 4) is 11.8 Å². The second-order valence-electron chi connectivity index (χ2n) is 4.32. The number of hydrogen-bond donors (Lipinski definition) is 0. The van der Waals surface area contributed by atoms with Crippen LogP contribution in [0.3, 0.4) is 0 Å². The zero-order chi connectivity index (χ0) is 15.4. The second-order valence-corrected chi connectivity index (χ2v) is 5.67. The Hall–Kier alpha value is -1.83. The molecular weight excluding hydrogens is 354 g/mol. The highest BCUT2D eigenvalue weighted by molar-refractivity contribution is 9.10. The fourth-order valence-electron chi connectivity index (χ4n) is 1.96. The number of nitriles is 1. The van der Waals surface area contributed by atoms with Crippen LogP contribution in [0.2, 0.25) is 5.02 Å². The van der Waals surface area contributed by atoms with Crippen molar-refractivity contribution in [2.24, 2.45) is 0 Å². The number of halogens is 2. The summed E-state index contributed by atoms with van der Waals surface area (Å²) in [6, 6.07) is 13.9. The van der Waals surface area contributed by atoms with Crippen LogP contribution in [0.25, 0.3) is 0 Å². The Morgan fingerprint density at radius 1 is 1.29 bits per heavy atom. The Balaban J connectivity index is 2.42. The monoisotopic (exact) mass is 363 g/mol. The lowest BCUT2D eigenvalue weighted by Gasteiger charge is -2.12. The number of hydrogen-bond acceptors (Lipinski definition) is 3. The van der Waals surface area contributed by atoms with Crippen molar-refractivity contribution < 1.29 is 9.53 Å². The van der Waals surface area contributed by atoms with Crippen molar-refractivity contribution in [1.29, 1.82) is 5.26 Å². The van der Waals surface area contributed by atoms with Crippen LogP contribution in [0.4, 0.5) is 0 Å². The maximum atomic E-state index is 12.6. The third kappa shape index (κ3) is 3.44. The molecule has 1 unspecified atom stereocenters. The molecule has 0 saturated carbocycles. The van der Waals surface area contributed by atoms with Crippen molar-refractivity contribution in [2.75, 3.05) is 7.11 Å². The zero-order valence-electron chi connectivity index (χ0n) is 11.1. The summed E-state index contributed by atoms with van der Waals surface area (Å²) in [5.74, 6) is -0.827. The lowest BCUT2D eigenvalue weighted by molar-refractivity contribution is 0.0976. The molecule has 0 aliphatic heterocycles. The van der Waals surface area contributed by atoms with Crippen LogP contribution >= 0.6 is 27.5 Å². The van der Waals surface area contributed by atoms with Gasteiger partial charge in [-0.3, -0.25) is 4.79 Å². The van der Waals surface area contributed by atoms with Crippen LogP contribution in [-0.2, 0) is 0 Å². The molecule has 2 rings (SSSR count). The highest BCUT2D eigenvalue weighted by Gasteiger charge is 2.24. The van der Waals surface area contributed by atoms with E-state index in [0.717, 1.165) is 4.47 Å². The average molecular weight is 365 g/mol. The number of rotatable bonds is 4. The van der Waals surface area contributed by atoms with E-state index in [4.69, 9.17) is 16.3 Å². The summed E-state index contributed by atoms with van der Waals surface area (Å²) < 4.78 is 6.06. The molecule has 0 aliphatic rings. The van der Waals surface area contributed by atoms with Gasteiger partial charge in [-0.15, -0.1) is 0 Å². The predicted octanol–water partition coefficient (Wildman–Crippen LogP) is 4.60. The van der Waals surface area contributed by atoms with Crippen LogP contribution in [0, 0.1) is 11.3 Å². The maximum Gasteiger partial charge on any atom is 0.188 e. The lowest BCUT2D eigenvalue weighted by atomic mass is 9.91. The quantitative estimate of drug-likeness (QED) is 0.745. The normalized spacial score (nSPS) is 11.5. The van der Waals surface area contributed by atoms with E-state index < -0.39 is 5.92 Å². The van der Waals surface area contributed by atoms with E-state index in [1.165, 1.54) is 7.11 Å². The van der Waals surface area contributed by atoms with Crippen LogP contribution in [0.5, 0.6) is 5.75 Å². The van der Waals surface area contributed by atoms with Crippen molar-refractivity contribution in [2.45, 2.75) is 5.92 Å². The van der Waals surface area contributed by atoms with E-state index >= 15 is 0 Å². The van der Waals surface area contributed by atoms with E-state index in [1.807, 2.05) is 6.07 Å². The molecule has 0 aliphatic carbocycles. The Kier molecular flexibility index (Phi) is 5.00. The average Bonchev–Trinajstić information content (AvgIpc) is 2.49. The Morgan fingerprint density at radius 2 is 1.95 bits per heavy atom. The molecule has 0 amide bonds. The maximum absolute atomic E-state index is 12.6. The molecule has 21 heavy (non-hydrogen) atoms. The molecule has 0 aromatic heterocycles. The van der Waals surface area contributed by atoms with Crippen LogP contribution in [0.1, 0.15) is 21.8 Å². The summed E-state index contributed by atoms with van der Waals surface area (Å²) in [4.78, 5) is 12.6. The molecule has 0 spiro atoms. The summed E-state index contributed by atoms with van der Waals surface area (Å²) in [6.07, 6.45) is 0. The first-order valence-corrected chi connectivity index (χ1v) is 7.26. The van der Waals surface area contributed by atoms with Gasteiger partial charge in [-0.25, -0.2) is 0 Å². The van der Waals surface area contributed by atoms with Gasteiger partial charge < -0.3 is 4.74 Å². The minimum Gasteiger partial charge on any atom is -0.496 e. The molecule has 0 N–H and O–H groups in total. The first kappa shape index (κ1) is 15.6. The molecule has 106 valence electrons. The zero-order valence-corrected chi connectivity index (χ0v) is 13.5. The molecule has 0 heterocycles. The summed E-state index contributed by atoms with van der Waals surface area (Å²) in [5.41, 5.74) is 0.985. The molecule has 0 fully saturated rings. The number of ether oxygens (including phenoxy) is 1. The fraction of sp³-hybridized carbons (Fsp3) is 0.125. The van der Waals surface area contributed by atoms with E-state index in [9.17, 15) is 10.1 Å². The molecule has 1 atom stereocenters. The highest BCUT2D eigenvalue weighted by atomic mass is 79.9. The van der Waals surface area contributed by atoms with Gasteiger partial charge in [-0.05, 0) is 35.9 Å². The van der Waals surface area contributed by atoms with Gasteiger partial charge in [-0.1, -0.05) is 39.7 Å². The van der Waals surface area contributed by atoms with Crippen molar-refractivity contribution in [1.82, 2.24) is 0 Å². The first-order chi connectivity index (χ1) is 10.1. The highest BCUT2D eigenvalue weighted by Crippen LogP contribution is 2.29. The summed E-state index contributed by atoms with van der Waals surface area (Å²) in [5, 5.41) is 9.82. The van der Waals surface area contributed by atoms with Crippen molar-refractivity contribution >= 4 is 33.3 Å². The van der Waals surface area contributed by atoms with Crippen molar-refractivity contribution in [3.05, 3.63) is 63.1 Å². The number of carbonyl (C=O) groups excluding carboxylic acids is 1. The number of methoxy groups -OCH3 is 1. The molecule has 5 heteroatoms. The molecule has 3 nitrogen and oxygen atoms in total. The van der Waals surface area contributed by atoms with Crippen LogP contribution in [0.15, 0.2) is 46.9 Å². The Bertz CT molecular complexity index is 707. The topological polar surface area (TPSA) is 50.1 Å². The number of benzene rings is 2. The van der Waals surface area contributed by atoms with Gasteiger partial charge >= 0.3 is 0 Å². The van der Waals surface area contributed by atoms with Crippen molar-refractivity contribution in [3.63, 3.8) is 0 Å². The third-order valence-electron chi connectivity index (χ3n) is 3.02. The van der Waals surface area contributed by atoms with Gasteiger partial charge in [0.15, 0.2) is 5.78 Å². The van der Waals surface area contributed by atoms with Gasteiger partial charge in [0.1, 0.15) is 11.7 Å². The van der Waals surface area contributed by atoms with E-state index in [2.05, 4.69) is 15.9 Å². The van der Waals surface area contributed by atoms with Crippen LogP contribution < -0.4 is 4.74 Å². The Labute approximate surface area is 136 Å². The molecular formula is C16H11BrClNO2. The molecule has 0 radical (unpaired) electrons. The van der Waals surface area contributed by atoms with Crippen LogP contribution in [-0.4, -0.2) is 12.9 Å². The molecule has 0 saturated heterocycles. The number of nitrogens with zero attached hydrogens (tertiary/aromatic N) is 1. The number of carbonyl (C=O) groups is 1. The van der Waals surface area contributed by atoms with Gasteiger partial charge in [0, 0.05) is 9.50 Å². The first-order valence-electron chi connectivity index (χ1n) is 6.09. The minimum atomic E-state index is -0.881. The standard InChI is InChI=1S/C16H11BrClNO2/c1-21-15-8-12(18)6-7-13(15)16(20)14(9-19)10-2-4-11(17)5-3-10/h2-8,14H,1H3. The number of Topliss-reactive ketones (excluding diaryl/α,β-unsaturated/α-hetero) is 1. The summed E-state index contributed by atoms with van der Waals surface area (Å²) in [7, 11) is 1.46. The van der Waals surface area contributed by atoms with Gasteiger partial charge in [-0.2, -0.15) is 5.26 Å². The predicted molar refractivity (Wildman–Crippen MR) is 84.8 cm³/mol. The SMILES string of the molecule is COc1cc(Cl)ccc1C(=O)C(C#N)c1ccc(Br)cc1. The molecule has 2 aromatic carbocycles. The number of ketones is 1. The molecule has 2 aromatic rings. The third-order valence-corrected chi connectivity index (χ3v) is 3.79. The van der Waals surface area contributed by atoms with E-state index in [1.54, 1.807) is 42.5 Å². The van der Waals surface area contributed by atoms with E-state index in [0.29, 0.717) is 21.9 Å². The Morgan fingerprint density at radius 3 is 2.52 bits per heavy atom. The summed E-state index contributed by atoms with van der Waals surface area (Å²) in [6.45, 7) is 0. The van der Waals surface area contributed by atoms with Gasteiger partial charge in [0.05, 0.1) is 18.7 Å². The smallest absolute Gasteiger partial charge is 0.188 e. The van der Waals surface area contributed by atoms with Gasteiger partial charge in [0.25, 0.3) is 0 Å². The summed E-state index contributed by atoms with van der Waals surface area (Å²) >= 11 is 9.21.